The molecule has 6 aromatic rings. The summed E-state index contributed by atoms with van der Waals surface area (Å²) in [6.45, 7) is 0.250. The molecule has 0 saturated carbocycles. The lowest BCUT2D eigenvalue weighted by Gasteiger charge is -2.09. The van der Waals surface area contributed by atoms with E-state index in [1.54, 1.807) is 29.8 Å². The molecule has 0 aromatic carbocycles. The molecular formula is C23H17FN8OS. The molecule has 0 aliphatic heterocycles. The Labute approximate surface area is 195 Å². The summed E-state index contributed by atoms with van der Waals surface area (Å²) in [5.41, 5.74) is 5.44. The molecule has 168 valence electrons. The molecular weight excluding hydrogens is 455 g/mol. The normalized spacial score (nSPS) is 11.8. The van der Waals surface area contributed by atoms with Crippen LogP contribution in [0.2, 0.25) is 0 Å². The fourth-order valence-electron chi connectivity index (χ4n) is 4.00. The predicted molar refractivity (Wildman–Crippen MR) is 127 cm³/mol. The van der Waals surface area contributed by atoms with E-state index >= 15 is 4.39 Å². The van der Waals surface area contributed by atoms with Gasteiger partial charge in [0.25, 0.3) is 0 Å². The molecule has 0 spiro atoms. The van der Waals surface area contributed by atoms with Gasteiger partial charge in [-0.3, -0.25) is 15.1 Å². The first-order valence-electron chi connectivity index (χ1n) is 10.3. The fourth-order valence-corrected chi connectivity index (χ4v) is 4.65. The summed E-state index contributed by atoms with van der Waals surface area (Å²) < 4.78 is 15.8. The van der Waals surface area contributed by atoms with Gasteiger partial charge in [-0.15, -0.1) is 0 Å². The molecule has 3 N–H and O–H groups in total. The van der Waals surface area contributed by atoms with Crippen LogP contribution in [0.3, 0.4) is 0 Å². The van der Waals surface area contributed by atoms with Crippen molar-refractivity contribution in [3.05, 3.63) is 65.1 Å². The number of halogens is 1. The molecule has 0 radical (unpaired) electrons. The average molecular weight is 473 g/mol. The number of nitrogens with zero attached hydrogens (tertiary/aromatic N) is 6. The zero-order chi connectivity index (χ0) is 23.2. The summed E-state index contributed by atoms with van der Waals surface area (Å²) in [6.07, 6.45) is 6.39. The van der Waals surface area contributed by atoms with E-state index in [9.17, 15) is 5.21 Å². The number of aromatic amines is 2. The van der Waals surface area contributed by atoms with Gasteiger partial charge < -0.3 is 10.2 Å². The first-order chi connectivity index (χ1) is 16.6. The number of aromatic nitrogens is 7. The minimum absolute atomic E-state index is 0.137. The number of H-pyrrole nitrogens is 2. The van der Waals surface area contributed by atoms with Crippen molar-refractivity contribution in [3.8, 4) is 33.9 Å². The van der Waals surface area contributed by atoms with Crippen molar-refractivity contribution < 1.29 is 9.60 Å². The van der Waals surface area contributed by atoms with E-state index in [1.165, 1.54) is 19.4 Å². The zero-order valence-electron chi connectivity index (χ0n) is 17.8. The Kier molecular flexibility index (Phi) is 4.87. The molecule has 6 rings (SSSR count). The molecule has 9 nitrogen and oxygen atoms in total. The lowest BCUT2D eigenvalue weighted by atomic mass is 10.1. The Morgan fingerprint density at radius 2 is 2.03 bits per heavy atom. The van der Waals surface area contributed by atoms with E-state index in [1.807, 2.05) is 22.9 Å². The summed E-state index contributed by atoms with van der Waals surface area (Å²) in [6, 6.07) is 5.69. The number of hydrogen-bond donors (Lipinski definition) is 3. The zero-order valence-corrected chi connectivity index (χ0v) is 18.6. The fraction of sp³-hybridized carbons (Fsp3) is 0.0870. The van der Waals surface area contributed by atoms with Crippen molar-refractivity contribution in [2.24, 2.45) is 0 Å². The van der Waals surface area contributed by atoms with E-state index in [2.05, 4.69) is 35.1 Å². The van der Waals surface area contributed by atoms with Gasteiger partial charge in [-0.2, -0.15) is 21.5 Å². The minimum Gasteiger partial charge on any atom is -0.335 e. The summed E-state index contributed by atoms with van der Waals surface area (Å²) in [4.78, 5) is 20.7. The Morgan fingerprint density at radius 1 is 1.12 bits per heavy atom. The molecule has 6 heterocycles. The van der Waals surface area contributed by atoms with Crippen molar-refractivity contribution in [2.45, 2.75) is 6.54 Å². The van der Waals surface area contributed by atoms with Crippen LogP contribution in [0.5, 0.6) is 0 Å². The maximum atomic E-state index is 15.8. The smallest absolute Gasteiger partial charge is 0.178 e. The van der Waals surface area contributed by atoms with E-state index in [-0.39, 0.29) is 17.6 Å². The molecule has 11 heteroatoms. The third-order valence-electron chi connectivity index (χ3n) is 5.47. The second-order valence-corrected chi connectivity index (χ2v) is 8.61. The molecule has 34 heavy (non-hydrogen) atoms. The number of rotatable bonds is 5. The largest absolute Gasteiger partial charge is 0.335 e. The van der Waals surface area contributed by atoms with Gasteiger partial charge in [0.05, 0.1) is 29.2 Å². The van der Waals surface area contributed by atoms with Crippen LogP contribution < -0.4 is 0 Å². The summed E-state index contributed by atoms with van der Waals surface area (Å²) in [7, 11) is 1.53. The van der Waals surface area contributed by atoms with Gasteiger partial charge in [0.15, 0.2) is 17.3 Å². The standard InChI is InChI=1S/C23H17FN8OS/c1-32(33)10-12-6-14(8-25-7-12)19-18(24)17-16(9-27-19)30-31-21(17)23-28-20-15(13-3-5-34-11-13)2-4-26-22(20)29-23/h2-9,11,33H,10H2,1H3,(H,30,31)(H,26,28,29). The second kappa shape index (κ2) is 8.06. The number of pyridine rings is 3. The van der Waals surface area contributed by atoms with Crippen LogP contribution in [0.1, 0.15) is 5.56 Å². The van der Waals surface area contributed by atoms with Crippen LogP contribution in [-0.2, 0) is 6.54 Å². The average Bonchev–Trinajstić information content (AvgIpc) is 3.57. The Morgan fingerprint density at radius 3 is 2.85 bits per heavy atom. The first kappa shape index (κ1) is 20.5. The van der Waals surface area contributed by atoms with Crippen LogP contribution in [0.25, 0.3) is 56.0 Å². The highest BCUT2D eigenvalue weighted by Crippen LogP contribution is 2.34. The summed E-state index contributed by atoms with van der Waals surface area (Å²) in [5.74, 6) is -0.134. The quantitative estimate of drug-likeness (QED) is 0.313. The van der Waals surface area contributed by atoms with Gasteiger partial charge >= 0.3 is 0 Å². The molecule has 0 aliphatic carbocycles. The van der Waals surface area contributed by atoms with Crippen molar-refractivity contribution in [1.29, 1.82) is 0 Å². The third kappa shape index (κ3) is 3.43. The molecule has 0 atom stereocenters. The number of thiophene rings is 1. The van der Waals surface area contributed by atoms with Crippen LogP contribution >= 0.6 is 11.3 Å². The van der Waals surface area contributed by atoms with Gasteiger partial charge in [0, 0.05) is 36.8 Å². The highest BCUT2D eigenvalue weighted by molar-refractivity contribution is 7.08. The summed E-state index contributed by atoms with van der Waals surface area (Å²) in [5, 5.41) is 22.1. The number of hydrogen-bond acceptors (Lipinski definition) is 8. The van der Waals surface area contributed by atoms with Crippen LogP contribution in [0.4, 0.5) is 4.39 Å². The van der Waals surface area contributed by atoms with Crippen molar-refractivity contribution >= 4 is 33.4 Å². The Balaban J connectivity index is 1.50. The van der Waals surface area contributed by atoms with Gasteiger partial charge in [-0.25, -0.2) is 14.4 Å². The number of nitrogens with one attached hydrogen (secondary N) is 2. The number of hydroxylamine groups is 2. The molecule has 0 saturated heterocycles. The van der Waals surface area contributed by atoms with E-state index in [0.29, 0.717) is 28.2 Å². The molecule has 6 aromatic heterocycles. The Bertz CT molecular complexity index is 1640. The monoisotopic (exact) mass is 472 g/mol. The summed E-state index contributed by atoms with van der Waals surface area (Å²) >= 11 is 1.60. The van der Waals surface area contributed by atoms with Crippen LogP contribution in [0.15, 0.2) is 53.7 Å². The topological polar surface area (TPSA) is 120 Å². The lowest BCUT2D eigenvalue weighted by molar-refractivity contribution is -0.0732. The van der Waals surface area contributed by atoms with Crippen molar-refractivity contribution in [1.82, 2.24) is 40.2 Å². The maximum absolute atomic E-state index is 15.8. The molecule has 0 amide bonds. The predicted octanol–water partition coefficient (Wildman–Crippen LogP) is 4.65. The number of imidazole rings is 1. The molecule has 0 unspecified atom stereocenters. The van der Waals surface area contributed by atoms with Crippen molar-refractivity contribution in [3.63, 3.8) is 0 Å². The molecule has 0 bridgehead atoms. The lowest BCUT2D eigenvalue weighted by Crippen LogP contribution is -2.11. The molecule has 0 fully saturated rings. The van der Waals surface area contributed by atoms with E-state index in [0.717, 1.165) is 27.3 Å². The molecule has 0 aliphatic rings. The van der Waals surface area contributed by atoms with Crippen LogP contribution in [0, 0.1) is 5.82 Å². The van der Waals surface area contributed by atoms with Gasteiger partial charge in [0.2, 0.25) is 0 Å². The first-order valence-corrected chi connectivity index (χ1v) is 11.3. The van der Waals surface area contributed by atoms with Crippen LogP contribution in [-0.4, -0.2) is 52.4 Å². The van der Waals surface area contributed by atoms with E-state index in [4.69, 9.17) is 0 Å². The third-order valence-corrected chi connectivity index (χ3v) is 6.16. The van der Waals surface area contributed by atoms with Gasteiger partial charge in [0.1, 0.15) is 11.4 Å². The highest BCUT2D eigenvalue weighted by Gasteiger charge is 2.21. The van der Waals surface area contributed by atoms with Gasteiger partial charge in [-0.1, -0.05) is 0 Å². The van der Waals surface area contributed by atoms with E-state index < -0.39 is 5.82 Å². The van der Waals surface area contributed by atoms with Crippen molar-refractivity contribution in [2.75, 3.05) is 7.05 Å². The number of fused-ring (bicyclic) bond motifs is 2. The minimum atomic E-state index is -0.538. The second-order valence-electron chi connectivity index (χ2n) is 7.83. The maximum Gasteiger partial charge on any atom is 0.178 e. The highest BCUT2D eigenvalue weighted by atomic mass is 32.1. The van der Waals surface area contributed by atoms with Gasteiger partial charge in [-0.05, 0) is 40.1 Å². The SMILES string of the molecule is CN(O)Cc1cncc(-c2ncc3[nH]nc(-c4nc5nccc(-c6ccsc6)c5[nH]4)c3c2F)c1. The Hall–Kier alpha value is -4.06.